The first kappa shape index (κ1) is 33.7. The zero-order chi connectivity index (χ0) is 40.0. The number of nitrogens with zero attached hydrogens (tertiary/aromatic N) is 4. The minimum Gasteiger partial charge on any atom is -0.456 e. The first-order chi connectivity index (χ1) is 30.2. The van der Waals surface area contributed by atoms with Gasteiger partial charge in [0, 0.05) is 61.4 Å². The summed E-state index contributed by atoms with van der Waals surface area (Å²) in [6, 6.07) is 73.0. The van der Waals surface area contributed by atoms with Crippen molar-refractivity contribution in [2.45, 2.75) is 0 Å². The van der Waals surface area contributed by atoms with Gasteiger partial charge in [-0.1, -0.05) is 146 Å². The number of para-hydroxylation sites is 3. The van der Waals surface area contributed by atoms with E-state index < -0.39 is 0 Å². The lowest BCUT2D eigenvalue weighted by Gasteiger charge is -2.22. The Morgan fingerprint density at radius 3 is 1.77 bits per heavy atom. The predicted octanol–water partition coefficient (Wildman–Crippen LogP) is 14.6. The normalized spacial score (nSPS) is 12.1. The Balaban J connectivity index is 1.03. The SMILES string of the molecule is c1ccc(-c2cc(-n3c4ccccc4c4cc(-c5ccc6c(c5)c5c7cccc8c7c(cc5n6-c5ccccc5)Oc5ccccc5-8)ccc43)nc(-c3ccccc3)n2)cc1. The maximum atomic E-state index is 6.68. The second-order valence-electron chi connectivity index (χ2n) is 15.7. The van der Waals surface area contributed by atoms with E-state index in [9.17, 15) is 0 Å². The summed E-state index contributed by atoms with van der Waals surface area (Å²) >= 11 is 0. The van der Waals surface area contributed by atoms with Crippen molar-refractivity contribution >= 4 is 54.4 Å². The van der Waals surface area contributed by atoms with Crippen LogP contribution in [0.15, 0.2) is 206 Å². The molecular weight excluding hydrogens is 745 g/mol. The molecule has 0 aliphatic carbocycles. The van der Waals surface area contributed by atoms with E-state index in [1.54, 1.807) is 0 Å². The largest absolute Gasteiger partial charge is 0.456 e. The topological polar surface area (TPSA) is 44.9 Å². The second kappa shape index (κ2) is 13.1. The fourth-order valence-corrected chi connectivity index (χ4v) is 9.61. The Morgan fingerprint density at radius 1 is 0.344 bits per heavy atom. The number of fused-ring (bicyclic) bond motifs is 9. The van der Waals surface area contributed by atoms with E-state index in [0.717, 1.165) is 84.0 Å². The van der Waals surface area contributed by atoms with Gasteiger partial charge < -0.3 is 9.30 Å². The van der Waals surface area contributed by atoms with E-state index in [0.29, 0.717) is 5.82 Å². The summed E-state index contributed by atoms with van der Waals surface area (Å²) < 4.78 is 11.4. The number of rotatable bonds is 5. The molecule has 0 unspecified atom stereocenters. The highest BCUT2D eigenvalue weighted by molar-refractivity contribution is 6.26. The minimum absolute atomic E-state index is 0.691. The molecule has 0 fully saturated rings. The van der Waals surface area contributed by atoms with Crippen molar-refractivity contribution in [2.75, 3.05) is 0 Å². The minimum atomic E-state index is 0.691. The van der Waals surface area contributed by atoms with Crippen LogP contribution in [-0.4, -0.2) is 19.1 Å². The van der Waals surface area contributed by atoms with Crippen LogP contribution < -0.4 is 4.74 Å². The zero-order valence-corrected chi connectivity index (χ0v) is 32.8. The van der Waals surface area contributed by atoms with Gasteiger partial charge in [0.1, 0.15) is 17.3 Å². The third-order valence-electron chi connectivity index (χ3n) is 12.3. The molecule has 0 atom stereocenters. The molecule has 0 radical (unpaired) electrons. The fraction of sp³-hybridized carbons (Fsp3) is 0. The Morgan fingerprint density at radius 2 is 0.967 bits per heavy atom. The smallest absolute Gasteiger partial charge is 0.162 e. The van der Waals surface area contributed by atoms with Crippen LogP contribution in [0.3, 0.4) is 0 Å². The molecule has 0 saturated carbocycles. The molecule has 5 nitrogen and oxygen atoms in total. The Bertz CT molecular complexity index is 3660. The molecule has 61 heavy (non-hydrogen) atoms. The first-order valence-corrected chi connectivity index (χ1v) is 20.7. The summed E-state index contributed by atoms with van der Waals surface area (Å²) in [6.07, 6.45) is 0. The van der Waals surface area contributed by atoms with E-state index in [2.05, 4.69) is 185 Å². The van der Waals surface area contributed by atoms with Crippen LogP contribution in [0.2, 0.25) is 0 Å². The van der Waals surface area contributed by atoms with Gasteiger partial charge in [-0.2, -0.15) is 0 Å². The molecule has 12 aromatic rings. The zero-order valence-electron chi connectivity index (χ0n) is 32.8. The number of hydrogen-bond acceptors (Lipinski definition) is 3. The van der Waals surface area contributed by atoms with Crippen LogP contribution in [0.5, 0.6) is 11.5 Å². The molecular formula is C56H34N4O. The van der Waals surface area contributed by atoms with Crippen LogP contribution in [0.4, 0.5) is 0 Å². The maximum absolute atomic E-state index is 6.68. The number of hydrogen-bond donors (Lipinski definition) is 0. The Labute approximate surface area is 351 Å². The van der Waals surface area contributed by atoms with Gasteiger partial charge in [0.05, 0.1) is 27.8 Å². The van der Waals surface area contributed by atoms with E-state index in [1.807, 2.05) is 30.3 Å². The molecule has 4 heterocycles. The van der Waals surface area contributed by atoms with Crippen molar-refractivity contribution in [1.29, 1.82) is 0 Å². The quantitative estimate of drug-likeness (QED) is 0.175. The lowest BCUT2D eigenvalue weighted by atomic mass is 9.92. The Hall–Kier alpha value is -8.28. The summed E-state index contributed by atoms with van der Waals surface area (Å²) in [5.41, 5.74) is 13.1. The summed E-state index contributed by atoms with van der Waals surface area (Å²) in [4.78, 5) is 10.3. The summed E-state index contributed by atoms with van der Waals surface area (Å²) in [5.74, 6) is 3.29. The predicted molar refractivity (Wildman–Crippen MR) is 250 cm³/mol. The van der Waals surface area contributed by atoms with E-state index in [1.165, 1.54) is 32.5 Å². The van der Waals surface area contributed by atoms with E-state index >= 15 is 0 Å². The van der Waals surface area contributed by atoms with Crippen LogP contribution in [0.25, 0.3) is 111 Å². The summed E-state index contributed by atoms with van der Waals surface area (Å²) in [7, 11) is 0. The first-order valence-electron chi connectivity index (χ1n) is 20.7. The molecule has 0 spiro atoms. The number of benzene rings is 9. The maximum Gasteiger partial charge on any atom is 0.162 e. The van der Waals surface area contributed by atoms with Crippen molar-refractivity contribution in [2.24, 2.45) is 0 Å². The van der Waals surface area contributed by atoms with Gasteiger partial charge in [-0.25, -0.2) is 9.97 Å². The molecule has 0 bridgehead atoms. The average molecular weight is 779 g/mol. The van der Waals surface area contributed by atoms with Gasteiger partial charge in [0.2, 0.25) is 0 Å². The van der Waals surface area contributed by atoms with Crippen molar-refractivity contribution in [3.05, 3.63) is 206 Å². The second-order valence-corrected chi connectivity index (χ2v) is 15.7. The van der Waals surface area contributed by atoms with E-state index in [4.69, 9.17) is 14.7 Å². The highest BCUT2D eigenvalue weighted by Gasteiger charge is 2.25. The molecule has 5 heteroatoms. The molecule has 284 valence electrons. The van der Waals surface area contributed by atoms with Crippen LogP contribution in [0, 0.1) is 0 Å². The standard InChI is InChI=1S/C56H34N4O/c1-4-15-35(16-5-1)46-33-53(58-56(57-46)36-17-6-2-7-18-36)60-47-25-12-10-21-40(47)44-31-37(27-29-48(44)60)38-28-30-49-45(32-38)54-43-24-14-23-42-41-22-11-13-26-51(41)61-52(55(42)43)34-50(54)59(49)39-19-8-3-9-20-39/h1-34H. The summed E-state index contributed by atoms with van der Waals surface area (Å²) in [6.45, 7) is 0. The van der Waals surface area contributed by atoms with Gasteiger partial charge in [0.25, 0.3) is 0 Å². The average Bonchev–Trinajstić information content (AvgIpc) is 3.84. The van der Waals surface area contributed by atoms with Gasteiger partial charge in [-0.05, 0) is 70.6 Å². The van der Waals surface area contributed by atoms with Crippen molar-refractivity contribution in [3.63, 3.8) is 0 Å². The third kappa shape index (κ3) is 5.14. The molecule has 0 saturated heterocycles. The molecule has 1 aliphatic rings. The van der Waals surface area contributed by atoms with Crippen molar-refractivity contribution < 1.29 is 4.74 Å². The van der Waals surface area contributed by atoms with Crippen LogP contribution >= 0.6 is 0 Å². The number of ether oxygens (including phenoxy) is 1. The van der Waals surface area contributed by atoms with Gasteiger partial charge >= 0.3 is 0 Å². The number of aromatic nitrogens is 4. The van der Waals surface area contributed by atoms with Gasteiger partial charge in [-0.15, -0.1) is 0 Å². The van der Waals surface area contributed by atoms with Crippen molar-refractivity contribution in [1.82, 2.24) is 19.1 Å². The van der Waals surface area contributed by atoms with Crippen LogP contribution in [0.1, 0.15) is 0 Å². The summed E-state index contributed by atoms with van der Waals surface area (Å²) in [5, 5.41) is 7.08. The molecule has 9 aromatic carbocycles. The lowest BCUT2D eigenvalue weighted by Crippen LogP contribution is -2.02. The molecule has 0 amide bonds. The Kier molecular flexibility index (Phi) is 7.24. The van der Waals surface area contributed by atoms with Crippen molar-refractivity contribution in [3.8, 4) is 67.9 Å². The van der Waals surface area contributed by atoms with Gasteiger partial charge in [-0.3, -0.25) is 4.57 Å². The molecule has 3 aromatic heterocycles. The third-order valence-corrected chi connectivity index (χ3v) is 12.3. The van der Waals surface area contributed by atoms with Crippen LogP contribution in [-0.2, 0) is 0 Å². The monoisotopic (exact) mass is 778 g/mol. The van der Waals surface area contributed by atoms with E-state index in [-0.39, 0.29) is 0 Å². The highest BCUT2D eigenvalue weighted by atomic mass is 16.5. The fourth-order valence-electron chi connectivity index (χ4n) is 9.61. The molecule has 13 rings (SSSR count). The molecule has 1 aliphatic heterocycles. The molecule has 0 N–H and O–H groups in total. The highest BCUT2D eigenvalue weighted by Crippen LogP contribution is 2.51. The van der Waals surface area contributed by atoms with Gasteiger partial charge in [0.15, 0.2) is 5.82 Å². The lowest BCUT2D eigenvalue weighted by molar-refractivity contribution is 0.487.